The quantitative estimate of drug-likeness (QED) is 0.0656. The van der Waals surface area contributed by atoms with Gasteiger partial charge in [0.1, 0.15) is 0 Å². The number of unbranched alkanes of at least 4 members (excludes halogenated alkanes) is 6. The predicted molar refractivity (Wildman–Crippen MR) is 182 cm³/mol. The van der Waals surface area contributed by atoms with Gasteiger partial charge in [0.2, 0.25) is 0 Å². The molecule has 0 bridgehead atoms. The van der Waals surface area contributed by atoms with Crippen molar-refractivity contribution in [2.45, 2.75) is 196 Å². The van der Waals surface area contributed by atoms with E-state index in [1.54, 1.807) is 0 Å². The molecule has 0 heterocycles. The number of hydrogen-bond acceptors (Lipinski definition) is 3. The SMILES string of the molecule is CCCCC(CC)C[O][Sn]([CH2]CC(CCCC)(CCCC)[O][Sn]([CH2]CCC)[CH2]CCC)[O]CC(CC)CCCC. The van der Waals surface area contributed by atoms with Gasteiger partial charge in [-0.25, -0.2) is 0 Å². The van der Waals surface area contributed by atoms with E-state index in [9.17, 15) is 0 Å². The molecule has 0 rings (SSSR count). The van der Waals surface area contributed by atoms with Crippen molar-refractivity contribution in [1.82, 2.24) is 0 Å². The maximum absolute atomic E-state index is 7.51. The molecule has 0 amide bonds. The molecule has 2 unspecified atom stereocenters. The zero-order valence-electron chi connectivity index (χ0n) is 28.9. The third kappa shape index (κ3) is 21.2. The third-order valence-corrected chi connectivity index (χ3v) is 20.7. The van der Waals surface area contributed by atoms with Crippen LogP contribution in [0.1, 0.15) is 177 Å². The van der Waals surface area contributed by atoms with Gasteiger partial charge in [0.05, 0.1) is 0 Å². The first-order valence-electron chi connectivity index (χ1n) is 18.1. The Balaban J connectivity index is 5.77. The van der Waals surface area contributed by atoms with E-state index in [4.69, 9.17) is 9.22 Å². The number of rotatable bonds is 31. The summed E-state index contributed by atoms with van der Waals surface area (Å²) in [7, 11) is 0. The van der Waals surface area contributed by atoms with Crippen molar-refractivity contribution >= 4 is 40.8 Å². The average Bonchev–Trinajstić information content (AvgIpc) is 2.98. The van der Waals surface area contributed by atoms with Crippen LogP contribution in [0, 0.1) is 11.8 Å². The summed E-state index contributed by atoms with van der Waals surface area (Å²) >= 11 is -4.33. The fourth-order valence-corrected chi connectivity index (χ4v) is 19.1. The first-order valence-corrected chi connectivity index (χ1v) is 27.7. The second-order valence-electron chi connectivity index (χ2n) is 12.6. The Morgan fingerprint density at radius 1 is 0.500 bits per heavy atom. The Bertz CT molecular complexity index is 483. The van der Waals surface area contributed by atoms with Gasteiger partial charge in [-0.3, -0.25) is 0 Å². The molecule has 0 aliphatic carbocycles. The van der Waals surface area contributed by atoms with Crippen LogP contribution < -0.4 is 0 Å². The van der Waals surface area contributed by atoms with Gasteiger partial charge >= 0.3 is 271 Å². The minimum absolute atomic E-state index is 0.0968. The minimum atomic E-state index is -2.45. The summed E-state index contributed by atoms with van der Waals surface area (Å²) in [6.45, 7) is 20.6. The molecule has 0 aromatic carbocycles. The second kappa shape index (κ2) is 29.2. The molecule has 40 heavy (non-hydrogen) atoms. The molecule has 240 valence electrons. The van der Waals surface area contributed by atoms with E-state index >= 15 is 0 Å². The predicted octanol–water partition coefficient (Wildman–Crippen LogP) is 12.1. The monoisotopic (exact) mass is 782 g/mol. The fraction of sp³-hybridized carbons (Fsp3) is 1.00. The molecule has 5 heteroatoms. The van der Waals surface area contributed by atoms with E-state index in [1.807, 2.05) is 0 Å². The van der Waals surface area contributed by atoms with Gasteiger partial charge in [-0.15, -0.1) is 0 Å². The fourth-order valence-electron chi connectivity index (χ4n) is 5.54. The van der Waals surface area contributed by atoms with Crippen LogP contribution in [0.2, 0.25) is 13.3 Å². The molecular weight excluding hydrogens is 706 g/mol. The molecule has 0 N–H and O–H groups in total. The Morgan fingerprint density at radius 2 is 0.925 bits per heavy atom. The molecule has 2 atom stereocenters. The topological polar surface area (TPSA) is 27.7 Å². The molecule has 0 fully saturated rings. The second-order valence-corrected chi connectivity index (χ2v) is 24.3. The normalized spacial score (nSPS) is 13.9. The van der Waals surface area contributed by atoms with Gasteiger partial charge in [0.25, 0.3) is 0 Å². The van der Waals surface area contributed by atoms with Crippen LogP contribution in [0.25, 0.3) is 0 Å². The van der Waals surface area contributed by atoms with Crippen molar-refractivity contribution in [1.29, 1.82) is 0 Å². The summed E-state index contributed by atoms with van der Waals surface area (Å²) in [5.74, 6) is 1.40. The van der Waals surface area contributed by atoms with E-state index in [-0.39, 0.29) is 5.60 Å². The molecule has 0 aromatic rings. The first-order chi connectivity index (χ1) is 19.5. The molecular formula is C35H74O3Sn2. The van der Waals surface area contributed by atoms with Gasteiger partial charge < -0.3 is 0 Å². The van der Waals surface area contributed by atoms with Gasteiger partial charge in [0.15, 0.2) is 0 Å². The molecule has 0 aromatic heterocycles. The molecule has 0 aliphatic heterocycles. The van der Waals surface area contributed by atoms with Crippen LogP contribution in [0.3, 0.4) is 0 Å². The van der Waals surface area contributed by atoms with Crippen LogP contribution in [0.4, 0.5) is 0 Å². The van der Waals surface area contributed by atoms with Crippen molar-refractivity contribution < 1.29 is 9.22 Å². The van der Waals surface area contributed by atoms with E-state index in [0.29, 0.717) is 11.8 Å². The Hall–Kier alpha value is 1.48. The van der Waals surface area contributed by atoms with Gasteiger partial charge in [-0.1, -0.05) is 0 Å². The van der Waals surface area contributed by atoms with Crippen molar-refractivity contribution in [3.63, 3.8) is 0 Å². The maximum atomic E-state index is 7.51. The van der Waals surface area contributed by atoms with Crippen molar-refractivity contribution in [3.8, 4) is 0 Å². The molecule has 0 saturated heterocycles. The van der Waals surface area contributed by atoms with Crippen LogP contribution in [-0.4, -0.2) is 59.6 Å². The Morgan fingerprint density at radius 3 is 1.30 bits per heavy atom. The standard InChI is InChI=1S/C11H22O.2C8H17O.2C4H9.2Sn/c1-4-7-9-11(12,6-3)10-8-5-2;2*1-3-5-6-8(4-2)7-9;2*1-3-4-2;;/h3-10H2,1-2H3;2*8H,3-7H2,1-2H3;2*1,3-4H2,2H3;;/q3*-1;;;+1;+2. The summed E-state index contributed by atoms with van der Waals surface area (Å²) in [5, 5.41) is 0. The van der Waals surface area contributed by atoms with E-state index in [2.05, 4.69) is 55.4 Å². The van der Waals surface area contributed by atoms with Crippen LogP contribution in [0.15, 0.2) is 0 Å². The zero-order chi connectivity index (χ0) is 29.9. The van der Waals surface area contributed by atoms with Crippen LogP contribution in [0.5, 0.6) is 0 Å². The summed E-state index contributed by atoms with van der Waals surface area (Å²) in [6.07, 6.45) is 24.5. The van der Waals surface area contributed by atoms with Crippen molar-refractivity contribution in [3.05, 3.63) is 0 Å². The summed E-state index contributed by atoms with van der Waals surface area (Å²) in [5.41, 5.74) is 0.0968. The van der Waals surface area contributed by atoms with E-state index < -0.39 is 40.8 Å². The summed E-state index contributed by atoms with van der Waals surface area (Å²) in [4.78, 5) is 0. The van der Waals surface area contributed by atoms with Gasteiger partial charge in [-0.05, 0) is 0 Å². The zero-order valence-corrected chi connectivity index (χ0v) is 34.6. The molecule has 0 aliphatic rings. The first kappa shape index (κ1) is 41.5. The molecule has 3 nitrogen and oxygen atoms in total. The molecule has 0 spiro atoms. The average molecular weight is 780 g/mol. The summed E-state index contributed by atoms with van der Waals surface area (Å²) < 4.78 is 25.3. The van der Waals surface area contributed by atoms with Gasteiger partial charge in [0, 0.05) is 0 Å². The van der Waals surface area contributed by atoms with Gasteiger partial charge in [-0.2, -0.15) is 0 Å². The summed E-state index contributed by atoms with van der Waals surface area (Å²) in [6, 6.07) is 0. The molecule has 2 radical (unpaired) electrons. The van der Waals surface area contributed by atoms with Crippen molar-refractivity contribution in [2.24, 2.45) is 11.8 Å². The van der Waals surface area contributed by atoms with E-state index in [0.717, 1.165) is 13.2 Å². The Kier molecular flexibility index (Phi) is 30.3. The van der Waals surface area contributed by atoms with E-state index in [1.165, 1.54) is 135 Å². The van der Waals surface area contributed by atoms with Crippen LogP contribution >= 0.6 is 0 Å². The third-order valence-electron chi connectivity index (χ3n) is 8.78. The number of hydrogen-bond donors (Lipinski definition) is 0. The molecule has 0 saturated carbocycles. The van der Waals surface area contributed by atoms with Crippen LogP contribution in [-0.2, 0) is 9.22 Å². The Labute approximate surface area is 269 Å². The van der Waals surface area contributed by atoms with Crippen molar-refractivity contribution in [2.75, 3.05) is 13.2 Å².